The molecule has 3 N–H and O–H groups in total. The van der Waals surface area contributed by atoms with Crippen molar-refractivity contribution < 1.29 is 4.79 Å². The second-order valence-electron chi connectivity index (χ2n) is 4.00. The van der Waals surface area contributed by atoms with Crippen LogP contribution in [-0.2, 0) is 0 Å². The fraction of sp³-hybridized carbons (Fsp3) is 0.154. The molecule has 3 nitrogen and oxygen atoms in total. The number of hydrogen-bond donors (Lipinski definition) is 2. The van der Waals surface area contributed by atoms with E-state index in [0.29, 0.717) is 10.6 Å². The molecule has 0 radical (unpaired) electrons. The van der Waals surface area contributed by atoms with Gasteiger partial charge in [-0.15, -0.1) is 0 Å². The Balaban J connectivity index is 2.66. The van der Waals surface area contributed by atoms with Crippen molar-refractivity contribution in [1.29, 1.82) is 0 Å². The lowest BCUT2D eigenvalue weighted by molar-refractivity contribution is 0.100. The Labute approximate surface area is 105 Å². The molecule has 0 aliphatic heterocycles. The van der Waals surface area contributed by atoms with Crippen LogP contribution in [0.25, 0.3) is 11.1 Å². The molecule has 2 rings (SSSR count). The molecular formula is C13H13ClN2O. The predicted molar refractivity (Wildman–Crippen MR) is 69.2 cm³/mol. The van der Waals surface area contributed by atoms with E-state index in [9.17, 15) is 4.79 Å². The normalized spacial score (nSPS) is 10.5. The van der Waals surface area contributed by atoms with Gasteiger partial charge in [0.05, 0.1) is 5.56 Å². The molecule has 0 bridgehead atoms. The molecule has 1 aromatic carbocycles. The summed E-state index contributed by atoms with van der Waals surface area (Å²) in [6.07, 6.45) is 0. The van der Waals surface area contributed by atoms with Crippen molar-refractivity contribution in [2.45, 2.75) is 13.8 Å². The van der Waals surface area contributed by atoms with Gasteiger partial charge in [-0.1, -0.05) is 23.7 Å². The molecular weight excluding hydrogens is 236 g/mol. The Hall–Kier alpha value is -1.74. The van der Waals surface area contributed by atoms with E-state index in [2.05, 4.69) is 4.98 Å². The van der Waals surface area contributed by atoms with Gasteiger partial charge in [0.2, 0.25) is 0 Å². The van der Waals surface area contributed by atoms with Crippen molar-refractivity contribution in [3.8, 4) is 11.1 Å². The first-order valence-electron chi connectivity index (χ1n) is 5.25. The number of nitrogens with one attached hydrogen (secondary N) is 1. The van der Waals surface area contributed by atoms with Crippen LogP contribution in [0.3, 0.4) is 0 Å². The van der Waals surface area contributed by atoms with E-state index < -0.39 is 5.91 Å². The average molecular weight is 249 g/mol. The Morgan fingerprint density at radius 3 is 2.29 bits per heavy atom. The second kappa shape index (κ2) is 4.26. The lowest BCUT2D eigenvalue weighted by Gasteiger charge is -2.04. The van der Waals surface area contributed by atoms with Gasteiger partial charge in [-0.05, 0) is 31.5 Å². The summed E-state index contributed by atoms with van der Waals surface area (Å²) in [5.74, 6) is -0.420. The topological polar surface area (TPSA) is 58.9 Å². The number of primary amides is 1. The Kier molecular flexibility index (Phi) is 2.94. The zero-order valence-electron chi connectivity index (χ0n) is 9.67. The summed E-state index contributed by atoms with van der Waals surface area (Å²) in [6.45, 7) is 3.76. The molecule has 4 heteroatoms. The predicted octanol–water partition coefficient (Wildman–Crippen LogP) is 3.05. The summed E-state index contributed by atoms with van der Waals surface area (Å²) in [5.41, 5.74) is 9.47. The van der Waals surface area contributed by atoms with Gasteiger partial charge >= 0.3 is 0 Å². The first kappa shape index (κ1) is 11.7. The highest BCUT2D eigenvalue weighted by Gasteiger charge is 2.18. The number of benzene rings is 1. The lowest BCUT2D eigenvalue weighted by atomic mass is 10.0. The van der Waals surface area contributed by atoms with Crippen molar-refractivity contribution >= 4 is 17.5 Å². The number of amides is 1. The van der Waals surface area contributed by atoms with E-state index in [1.54, 1.807) is 12.1 Å². The van der Waals surface area contributed by atoms with Gasteiger partial charge in [0.15, 0.2) is 0 Å². The molecule has 0 aliphatic carbocycles. The van der Waals surface area contributed by atoms with Gasteiger partial charge < -0.3 is 10.7 Å². The lowest BCUT2D eigenvalue weighted by Crippen LogP contribution is -2.12. The first-order chi connectivity index (χ1) is 8.00. The molecule has 0 spiro atoms. The van der Waals surface area contributed by atoms with E-state index in [0.717, 1.165) is 22.5 Å². The number of hydrogen-bond acceptors (Lipinski definition) is 1. The summed E-state index contributed by atoms with van der Waals surface area (Å²) in [4.78, 5) is 14.6. The Morgan fingerprint density at radius 1 is 1.18 bits per heavy atom. The van der Waals surface area contributed by atoms with Gasteiger partial charge in [-0.2, -0.15) is 0 Å². The summed E-state index contributed by atoms with van der Waals surface area (Å²) in [5, 5.41) is 0.666. The molecule has 0 fully saturated rings. The van der Waals surface area contributed by atoms with Gasteiger partial charge in [0.1, 0.15) is 0 Å². The van der Waals surface area contributed by atoms with Crippen molar-refractivity contribution in [2.75, 3.05) is 0 Å². The van der Waals surface area contributed by atoms with Crippen LogP contribution >= 0.6 is 11.6 Å². The van der Waals surface area contributed by atoms with E-state index in [4.69, 9.17) is 17.3 Å². The number of halogens is 1. The van der Waals surface area contributed by atoms with Gasteiger partial charge in [0.25, 0.3) is 5.91 Å². The number of aromatic amines is 1. The molecule has 0 aliphatic rings. The highest BCUT2D eigenvalue weighted by molar-refractivity contribution is 6.30. The van der Waals surface area contributed by atoms with Crippen molar-refractivity contribution in [3.05, 3.63) is 46.2 Å². The summed E-state index contributed by atoms with van der Waals surface area (Å²) < 4.78 is 0. The number of H-pyrrole nitrogens is 1. The number of carbonyl (C=O) groups excluding carboxylic acids is 1. The van der Waals surface area contributed by atoms with Crippen LogP contribution in [0.15, 0.2) is 24.3 Å². The zero-order valence-corrected chi connectivity index (χ0v) is 10.4. The van der Waals surface area contributed by atoms with Crippen LogP contribution in [0.2, 0.25) is 5.02 Å². The van der Waals surface area contributed by atoms with Crippen LogP contribution in [-0.4, -0.2) is 10.9 Å². The van der Waals surface area contributed by atoms with Crippen LogP contribution in [0, 0.1) is 13.8 Å². The first-order valence-corrected chi connectivity index (χ1v) is 5.63. The third-order valence-electron chi connectivity index (χ3n) is 2.75. The highest BCUT2D eigenvalue weighted by atomic mass is 35.5. The summed E-state index contributed by atoms with van der Waals surface area (Å²) in [7, 11) is 0. The minimum absolute atomic E-state index is 0.420. The van der Waals surface area contributed by atoms with Crippen LogP contribution in [0.1, 0.15) is 21.7 Å². The molecule has 1 heterocycles. The molecule has 0 saturated heterocycles. The Bertz CT molecular complexity index is 570. The SMILES string of the molecule is Cc1[nH]c(C)c(-c2ccc(Cl)cc2)c1C(N)=O. The standard InChI is InChI=1S/C13H13ClN2O/c1-7-11(9-3-5-10(14)6-4-9)12(13(15)17)8(2)16-7/h3-6,16H,1-2H3,(H2,15,17). The van der Waals surface area contributed by atoms with E-state index in [1.165, 1.54) is 0 Å². The zero-order chi connectivity index (χ0) is 12.6. The fourth-order valence-electron chi connectivity index (χ4n) is 2.07. The maximum atomic E-state index is 11.5. The molecule has 88 valence electrons. The van der Waals surface area contributed by atoms with Gasteiger partial charge in [-0.25, -0.2) is 0 Å². The minimum Gasteiger partial charge on any atom is -0.366 e. The highest BCUT2D eigenvalue weighted by Crippen LogP contribution is 2.30. The molecule has 0 saturated carbocycles. The third kappa shape index (κ3) is 2.06. The van der Waals surface area contributed by atoms with Crippen LogP contribution < -0.4 is 5.73 Å². The third-order valence-corrected chi connectivity index (χ3v) is 3.01. The van der Waals surface area contributed by atoms with E-state index in [-0.39, 0.29) is 0 Å². The van der Waals surface area contributed by atoms with E-state index >= 15 is 0 Å². The number of aryl methyl sites for hydroxylation is 2. The molecule has 0 atom stereocenters. The minimum atomic E-state index is -0.420. The van der Waals surface area contributed by atoms with Crippen molar-refractivity contribution in [1.82, 2.24) is 4.98 Å². The molecule has 2 aromatic rings. The molecule has 1 amide bonds. The quantitative estimate of drug-likeness (QED) is 0.843. The smallest absolute Gasteiger partial charge is 0.251 e. The summed E-state index contributed by atoms with van der Waals surface area (Å²) in [6, 6.07) is 7.35. The number of carbonyl (C=O) groups is 1. The number of rotatable bonds is 2. The van der Waals surface area contributed by atoms with E-state index in [1.807, 2.05) is 26.0 Å². The monoisotopic (exact) mass is 248 g/mol. The summed E-state index contributed by atoms with van der Waals surface area (Å²) >= 11 is 5.85. The fourth-order valence-corrected chi connectivity index (χ4v) is 2.19. The largest absolute Gasteiger partial charge is 0.366 e. The van der Waals surface area contributed by atoms with Crippen LogP contribution in [0.4, 0.5) is 0 Å². The average Bonchev–Trinajstić information content (AvgIpc) is 2.55. The van der Waals surface area contributed by atoms with Gasteiger partial charge in [-0.3, -0.25) is 4.79 Å². The Morgan fingerprint density at radius 2 is 1.76 bits per heavy atom. The van der Waals surface area contributed by atoms with Crippen LogP contribution in [0.5, 0.6) is 0 Å². The molecule has 0 unspecified atom stereocenters. The number of nitrogens with two attached hydrogens (primary N) is 1. The van der Waals surface area contributed by atoms with Gasteiger partial charge in [0, 0.05) is 22.0 Å². The molecule has 17 heavy (non-hydrogen) atoms. The molecule has 1 aromatic heterocycles. The second-order valence-corrected chi connectivity index (χ2v) is 4.43. The van der Waals surface area contributed by atoms with Crippen molar-refractivity contribution in [3.63, 3.8) is 0 Å². The maximum absolute atomic E-state index is 11.5. The van der Waals surface area contributed by atoms with Crippen molar-refractivity contribution in [2.24, 2.45) is 5.73 Å². The maximum Gasteiger partial charge on any atom is 0.251 e. The number of aromatic nitrogens is 1.